The van der Waals surface area contributed by atoms with Crippen molar-refractivity contribution in [2.75, 3.05) is 37.1 Å². The molecule has 18 heavy (non-hydrogen) atoms. The molecule has 1 unspecified atom stereocenters. The lowest BCUT2D eigenvalue weighted by atomic mass is 10.2. The largest absolute Gasteiger partial charge is 0.407 e. The quantitative estimate of drug-likeness (QED) is 0.720. The smallest absolute Gasteiger partial charge is 0.315 e. The zero-order valence-electron chi connectivity index (χ0n) is 10.6. The van der Waals surface area contributed by atoms with Crippen molar-refractivity contribution in [3.63, 3.8) is 0 Å². The van der Waals surface area contributed by atoms with E-state index in [-0.39, 0.29) is 0 Å². The molecule has 2 heterocycles. The van der Waals surface area contributed by atoms with Crippen molar-refractivity contribution < 1.29 is 9.15 Å². The van der Waals surface area contributed by atoms with Crippen molar-refractivity contribution in [1.82, 2.24) is 15.5 Å². The van der Waals surface area contributed by atoms with Crippen LogP contribution in [0.2, 0.25) is 0 Å². The van der Waals surface area contributed by atoms with E-state index in [1.54, 1.807) is 7.11 Å². The SMILES string of the molecule is COCCNCc1nnc(NC2CCCSC2)o1. The first-order valence-electron chi connectivity index (χ1n) is 6.25. The Bertz CT molecular complexity index is 342. The molecule has 1 saturated heterocycles. The Labute approximate surface area is 111 Å². The van der Waals surface area contributed by atoms with Gasteiger partial charge in [-0.25, -0.2) is 0 Å². The lowest BCUT2D eigenvalue weighted by molar-refractivity contribution is 0.198. The second-order valence-corrected chi connectivity index (χ2v) is 5.38. The number of ether oxygens (including phenoxy) is 1. The van der Waals surface area contributed by atoms with Gasteiger partial charge in [0.05, 0.1) is 13.2 Å². The molecular formula is C11H20N4O2S. The van der Waals surface area contributed by atoms with Crippen molar-refractivity contribution in [3.8, 4) is 0 Å². The van der Waals surface area contributed by atoms with E-state index in [4.69, 9.17) is 9.15 Å². The van der Waals surface area contributed by atoms with Gasteiger partial charge in [0, 0.05) is 25.4 Å². The molecule has 0 amide bonds. The maximum Gasteiger partial charge on any atom is 0.315 e. The van der Waals surface area contributed by atoms with Gasteiger partial charge in [0.1, 0.15) is 0 Å². The Hall–Kier alpha value is -0.790. The number of thioether (sulfide) groups is 1. The van der Waals surface area contributed by atoms with Crippen LogP contribution in [0.3, 0.4) is 0 Å². The Morgan fingerprint density at radius 2 is 2.44 bits per heavy atom. The number of methoxy groups -OCH3 is 1. The van der Waals surface area contributed by atoms with Crippen LogP contribution in [0.4, 0.5) is 6.01 Å². The minimum absolute atomic E-state index is 0.457. The monoisotopic (exact) mass is 272 g/mol. The van der Waals surface area contributed by atoms with Crippen LogP contribution in [-0.4, -0.2) is 48.0 Å². The molecule has 1 fully saturated rings. The first-order valence-corrected chi connectivity index (χ1v) is 7.40. The molecule has 0 bridgehead atoms. The van der Waals surface area contributed by atoms with Crippen molar-refractivity contribution in [2.45, 2.75) is 25.4 Å². The maximum absolute atomic E-state index is 5.52. The van der Waals surface area contributed by atoms with Crippen LogP contribution in [-0.2, 0) is 11.3 Å². The summed E-state index contributed by atoms with van der Waals surface area (Å²) in [7, 11) is 1.68. The molecule has 1 aromatic heterocycles. The van der Waals surface area contributed by atoms with Crippen LogP contribution >= 0.6 is 11.8 Å². The second-order valence-electron chi connectivity index (χ2n) is 4.23. The summed E-state index contributed by atoms with van der Waals surface area (Å²) >= 11 is 1.97. The fraction of sp³-hybridized carbons (Fsp3) is 0.818. The molecule has 0 spiro atoms. The molecule has 1 aromatic rings. The topological polar surface area (TPSA) is 72.2 Å². The van der Waals surface area contributed by atoms with E-state index in [0.717, 1.165) is 12.3 Å². The molecule has 0 radical (unpaired) electrons. The number of hydrogen-bond acceptors (Lipinski definition) is 7. The van der Waals surface area contributed by atoms with Crippen LogP contribution < -0.4 is 10.6 Å². The van der Waals surface area contributed by atoms with Gasteiger partial charge in [-0.2, -0.15) is 11.8 Å². The Balaban J connectivity index is 1.71. The summed E-state index contributed by atoms with van der Waals surface area (Å²) in [6.07, 6.45) is 2.43. The summed E-state index contributed by atoms with van der Waals surface area (Å²) in [6, 6.07) is 0.990. The van der Waals surface area contributed by atoms with E-state index in [1.807, 2.05) is 11.8 Å². The van der Waals surface area contributed by atoms with Gasteiger partial charge in [-0.1, -0.05) is 5.10 Å². The molecule has 7 heteroatoms. The average Bonchev–Trinajstić information content (AvgIpc) is 2.84. The van der Waals surface area contributed by atoms with E-state index >= 15 is 0 Å². The van der Waals surface area contributed by atoms with E-state index in [0.29, 0.717) is 31.1 Å². The first-order chi connectivity index (χ1) is 8.88. The number of aromatic nitrogens is 2. The van der Waals surface area contributed by atoms with Gasteiger partial charge in [-0.3, -0.25) is 0 Å². The lowest BCUT2D eigenvalue weighted by Crippen LogP contribution is -2.25. The van der Waals surface area contributed by atoms with E-state index in [2.05, 4.69) is 20.8 Å². The van der Waals surface area contributed by atoms with Crippen LogP contribution in [0.1, 0.15) is 18.7 Å². The van der Waals surface area contributed by atoms with Gasteiger partial charge >= 0.3 is 6.01 Å². The fourth-order valence-electron chi connectivity index (χ4n) is 1.78. The number of nitrogens with zero attached hydrogens (tertiary/aromatic N) is 2. The summed E-state index contributed by atoms with van der Waals surface area (Å²) in [4.78, 5) is 0. The normalized spacial score (nSPS) is 19.9. The standard InChI is InChI=1S/C11H20N4O2S/c1-16-5-4-12-7-10-14-15-11(17-10)13-9-3-2-6-18-8-9/h9,12H,2-8H2,1H3,(H,13,15). The van der Waals surface area contributed by atoms with Gasteiger partial charge in [0.15, 0.2) is 0 Å². The number of nitrogens with one attached hydrogen (secondary N) is 2. The lowest BCUT2D eigenvalue weighted by Gasteiger charge is -2.20. The Morgan fingerprint density at radius 3 is 3.22 bits per heavy atom. The molecule has 0 saturated carbocycles. The van der Waals surface area contributed by atoms with Crippen LogP contribution in [0.25, 0.3) is 0 Å². The first kappa shape index (κ1) is 13.6. The van der Waals surface area contributed by atoms with Crippen molar-refractivity contribution in [2.24, 2.45) is 0 Å². The zero-order chi connectivity index (χ0) is 12.6. The minimum Gasteiger partial charge on any atom is -0.407 e. The highest BCUT2D eigenvalue weighted by molar-refractivity contribution is 7.99. The number of rotatable bonds is 7. The second kappa shape index (κ2) is 7.60. The van der Waals surface area contributed by atoms with Gasteiger partial charge in [0.2, 0.25) is 5.89 Å². The summed E-state index contributed by atoms with van der Waals surface area (Å²) < 4.78 is 10.5. The molecule has 1 atom stereocenters. The molecule has 102 valence electrons. The maximum atomic E-state index is 5.52. The predicted molar refractivity (Wildman–Crippen MR) is 71.9 cm³/mol. The van der Waals surface area contributed by atoms with Crippen molar-refractivity contribution in [3.05, 3.63) is 5.89 Å². The highest BCUT2D eigenvalue weighted by atomic mass is 32.2. The van der Waals surface area contributed by atoms with Gasteiger partial charge in [-0.15, -0.1) is 5.10 Å². The third kappa shape index (κ3) is 4.47. The Kier molecular flexibility index (Phi) is 5.76. The molecule has 1 aliphatic rings. The van der Waals surface area contributed by atoms with E-state index in [1.165, 1.54) is 18.6 Å². The highest BCUT2D eigenvalue weighted by Gasteiger charge is 2.16. The number of anilines is 1. The van der Waals surface area contributed by atoms with Crippen molar-refractivity contribution in [1.29, 1.82) is 0 Å². The summed E-state index contributed by atoms with van der Waals surface area (Å²) in [5.74, 6) is 2.98. The molecule has 2 N–H and O–H groups in total. The van der Waals surface area contributed by atoms with Crippen LogP contribution in [0.15, 0.2) is 4.42 Å². The third-order valence-corrected chi connectivity index (χ3v) is 3.93. The Morgan fingerprint density at radius 1 is 1.50 bits per heavy atom. The zero-order valence-corrected chi connectivity index (χ0v) is 11.5. The van der Waals surface area contributed by atoms with Gasteiger partial charge in [-0.05, 0) is 18.6 Å². The highest BCUT2D eigenvalue weighted by Crippen LogP contribution is 2.20. The van der Waals surface area contributed by atoms with Crippen LogP contribution in [0.5, 0.6) is 0 Å². The molecule has 0 aromatic carbocycles. The fourth-order valence-corrected chi connectivity index (χ4v) is 2.85. The summed E-state index contributed by atoms with van der Waals surface area (Å²) in [5.41, 5.74) is 0. The third-order valence-electron chi connectivity index (χ3n) is 2.71. The molecule has 2 rings (SSSR count). The van der Waals surface area contributed by atoms with Gasteiger partial charge in [0.25, 0.3) is 0 Å². The van der Waals surface area contributed by atoms with E-state index in [9.17, 15) is 0 Å². The summed E-state index contributed by atoms with van der Waals surface area (Å²) in [5, 5.41) is 14.4. The molecular weight excluding hydrogens is 252 g/mol. The molecule has 0 aliphatic carbocycles. The number of hydrogen-bond donors (Lipinski definition) is 2. The van der Waals surface area contributed by atoms with Gasteiger partial charge < -0.3 is 19.8 Å². The van der Waals surface area contributed by atoms with Crippen molar-refractivity contribution >= 4 is 17.8 Å². The summed E-state index contributed by atoms with van der Waals surface area (Å²) in [6.45, 7) is 2.04. The predicted octanol–water partition coefficient (Wildman–Crippen LogP) is 1.11. The average molecular weight is 272 g/mol. The van der Waals surface area contributed by atoms with E-state index < -0.39 is 0 Å². The molecule has 1 aliphatic heterocycles. The minimum atomic E-state index is 0.457. The molecule has 6 nitrogen and oxygen atoms in total. The van der Waals surface area contributed by atoms with Crippen LogP contribution in [0, 0.1) is 0 Å².